The highest BCUT2D eigenvalue weighted by Crippen LogP contribution is 2.31. The summed E-state index contributed by atoms with van der Waals surface area (Å²) >= 11 is 4.64. The Kier molecular flexibility index (Phi) is 7.09. The van der Waals surface area contributed by atoms with Gasteiger partial charge < -0.3 is 0 Å². The van der Waals surface area contributed by atoms with Gasteiger partial charge in [0, 0.05) is 4.90 Å². The van der Waals surface area contributed by atoms with Crippen LogP contribution in [0, 0.1) is 0 Å². The van der Waals surface area contributed by atoms with Gasteiger partial charge in [-0.25, -0.2) is 0 Å². The van der Waals surface area contributed by atoms with E-state index in [0.717, 1.165) is 0 Å². The van der Waals surface area contributed by atoms with Crippen molar-refractivity contribution in [2.24, 2.45) is 0 Å². The van der Waals surface area contributed by atoms with E-state index >= 15 is 0 Å². The Labute approximate surface area is 120 Å². The van der Waals surface area contributed by atoms with Gasteiger partial charge in [0.1, 0.15) is 0 Å². The van der Waals surface area contributed by atoms with Gasteiger partial charge in [0.15, 0.2) is 0 Å². The van der Waals surface area contributed by atoms with Crippen molar-refractivity contribution < 1.29 is 0 Å². The molecule has 1 rings (SSSR count). The molecule has 0 aliphatic carbocycles. The number of thiol groups is 1. The summed E-state index contributed by atoms with van der Waals surface area (Å²) in [6, 6.07) is 14.5. The summed E-state index contributed by atoms with van der Waals surface area (Å²) in [5.74, 6) is 0. The van der Waals surface area contributed by atoms with Crippen molar-refractivity contribution in [1.82, 2.24) is 0 Å². The van der Waals surface area contributed by atoms with Gasteiger partial charge in [0.2, 0.25) is 0 Å². The zero-order valence-corrected chi connectivity index (χ0v) is 14.1. The highest BCUT2D eigenvalue weighted by molar-refractivity contribution is 7.80. The van der Waals surface area contributed by atoms with Crippen molar-refractivity contribution in [3.63, 3.8) is 0 Å². The molecule has 0 saturated heterocycles. The first kappa shape index (κ1) is 15.8. The van der Waals surface area contributed by atoms with Crippen LogP contribution < -0.4 is 0 Å². The molecule has 0 aliphatic rings. The standard InChI is InChI=1S/C16H28SSi/c1-4-11-18(12-5-2,13-6-3)14-15-9-7-8-10-16(15)17/h7-10,17H,4-6,11-14H2,1-3H3. The van der Waals surface area contributed by atoms with Crippen molar-refractivity contribution in [2.75, 3.05) is 0 Å². The van der Waals surface area contributed by atoms with E-state index in [0.29, 0.717) is 0 Å². The van der Waals surface area contributed by atoms with Gasteiger partial charge in [-0.05, 0) is 17.7 Å². The second-order valence-electron chi connectivity index (χ2n) is 5.56. The average Bonchev–Trinajstić information content (AvgIpc) is 2.33. The fraction of sp³-hybridized carbons (Fsp3) is 0.625. The first-order valence-electron chi connectivity index (χ1n) is 7.44. The second-order valence-corrected chi connectivity index (χ2v) is 10.9. The fourth-order valence-electron chi connectivity index (χ4n) is 3.30. The fourth-order valence-corrected chi connectivity index (χ4v) is 9.26. The third-order valence-corrected chi connectivity index (χ3v) is 10.1. The highest BCUT2D eigenvalue weighted by Gasteiger charge is 2.30. The maximum atomic E-state index is 4.64. The van der Waals surface area contributed by atoms with Crippen LogP contribution in [0.25, 0.3) is 0 Å². The number of benzene rings is 1. The van der Waals surface area contributed by atoms with Crippen LogP contribution >= 0.6 is 12.6 Å². The smallest absolute Gasteiger partial charge is 0.0579 e. The van der Waals surface area contributed by atoms with Crippen molar-refractivity contribution in [3.8, 4) is 0 Å². The molecule has 0 aromatic heterocycles. The van der Waals surface area contributed by atoms with Gasteiger partial charge in [0.25, 0.3) is 0 Å². The zero-order valence-electron chi connectivity index (χ0n) is 12.2. The van der Waals surface area contributed by atoms with Crippen molar-refractivity contribution >= 4 is 20.7 Å². The highest BCUT2D eigenvalue weighted by atomic mass is 32.1. The molecular weight excluding hydrogens is 252 g/mol. The molecule has 2 heteroatoms. The molecule has 18 heavy (non-hydrogen) atoms. The molecule has 0 fully saturated rings. The van der Waals surface area contributed by atoms with Gasteiger partial charge in [-0.1, -0.05) is 76.4 Å². The molecule has 1 aromatic carbocycles. The maximum absolute atomic E-state index is 4.64. The Morgan fingerprint density at radius 1 is 0.889 bits per heavy atom. The van der Waals surface area contributed by atoms with E-state index in [1.807, 2.05) is 0 Å². The molecule has 1 aromatic rings. The summed E-state index contributed by atoms with van der Waals surface area (Å²) < 4.78 is 0. The lowest BCUT2D eigenvalue weighted by molar-refractivity contribution is 0.901. The van der Waals surface area contributed by atoms with E-state index in [1.54, 1.807) is 0 Å². The summed E-state index contributed by atoms with van der Waals surface area (Å²) in [6.45, 7) is 7.04. The Morgan fingerprint density at radius 3 is 1.83 bits per heavy atom. The molecule has 0 radical (unpaired) electrons. The largest absolute Gasteiger partial charge is 0.143 e. The quantitative estimate of drug-likeness (QED) is 0.456. The lowest BCUT2D eigenvalue weighted by Gasteiger charge is -2.32. The minimum absolute atomic E-state index is 1.12. The number of hydrogen-bond acceptors (Lipinski definition) is 1. The van der Waals surface area contributed by atoms with E-state index in [-0.39, 0.29) is 0 Å². The molecule has 0 saturated carbocycles. The predicted molar refractivity (Wildman–Crippen MR) is 88.4 cm³/mol. The molecule has 0 spiro atoms. The first-order valence-corrected chi connectivity index (χ1v) is 10.7. The summed E-state index contributed by atoms with van der Waals surface area (Å²) in [5, 5.41) is 0. The molecule has 0 amide bonds. The lowest BCUT2D eigenvalue weighted by Crippen LogP contribution is -2.37. The van der Waals surface area contributed by atoms with E-state index in [1.165, 1.54) is 53.9 Å². The van der Waals surface area contributed by atoms with Crippen LogP contribution in [0.15, 0.2) is 29.2 Å². The Bertz CT molecular complexity index is 332. The van der Waals surface area contributed by atoms with Crippen molar-refractivity contribution in [3.05, 3.63) is 29.8 Å². The van der Waals surface area contributed by atoms with Crippen LogP contribution in [0.3, 0.4) is 0 Å². The topological polar surface area (TPSA) is 0 Å². The van der Waals surface area contributed by atoms with Crippen LogP contribution in [0.2, 0.25) is 18.1 Å². The van der Waals surface area contributed by atoms with Crippen LogP contribution in [0.1, 0.15) is 45.6 Å². The van der Waals surface area contributed by atoms with Crippen molar-refractivity contribution in [1.29, 1.82) is 0 Å². The van der Waals surface area contributed by atoms with Gasteiger partial charge in [-0.3, -0.25) is 0 Å². The van der Waals surface area contributed by atoms with Gasteiger partial charge >= 0.3 is 0 Å². The molecule has 0 unspecified atom stereocenters. The summed E-state index contributed by atoms with van der Waals surface area (Å²) in [5.41, 5.74) is 1.49. The number of hydrogen-bond donors (Lipinski definition) is 1. The van der Waals surface area contributed by atoms with Crippen LogP contribution in [-0.4, -0.2) is 8.07 Å². The minimum atomic E-state index is -1.12. The zero-order chi connectivity index (χ0) is 13.4. The van der Waals surface area contributed by atoms with Crippen molar-refractivity contribution in [2.45, 2.75) is 69.1 Å². The van der Waals surface area contributed by atoms with Crippen LogP contribution in [-0.2, 0) is 6.04 Å². The Hall–Kier alpha value is -0.213. The third-order valence-electron chi connectivity index (χ3n) is 3.90. The maximum Gasteiger partial charge on any atom is 0.0579 e. The SMILES string of the molecule is CCC[Si](CCC)(CCC)Cc1ccccc1S. The molecule has 0 N–H and O–H groups in total. The molecule has 0 nitrogen and oxygen atoms in total. The molecule has 0 heterocycles. The average molecular weight is 281 g/mol. The van der Waals surface area contributed by atoms with E-state index in [2.05, 4.69) is 57.7 Å². The monoisotopic (exact) mass is 280 g/mol. The molecule has 0 bridgehead atoms. The van der Waals surface area contributed by atoms with E-state index in [4.69, 9.17) is 0 Å². The summed E-state index contributed by atoms with van der Waals surface area (Å²) in [7, 11) is -1.12. The second kappa shape index (κ2) is 8.06. The minimum Gasteiger partial charge on any atom is -0.143 e. The van der Waals surface area contributed by atoms with Gasteiger partial charge in [-0.2, -0.15) is 0 Å². The molecule has 0 aliphatic heterocycles. The Morgan fingerprint density at radius 2 is 1.39 bits per heavy atom. The lowest BCUT2D eigenvalue weighted by atomic mass is 10.2. The first-order chi connectivity index (χ1) is 8.67. The van der Waals surface area contributed by atoms with E-state index < -0.39 is 8.07 Å². The summed E-state index contributed by atoms with van der Waals surface area (Å²) in [4.78, 5) is 1.19. The van der Waals surface area contributed by atoms with Crippen LogP contribution in [0.4, 0.5) is 0 Å². The Balaban J connectivity index is 2.91. The third kappa shape index (κ3) is 4.47. The molecule has 102 valence electrons. The predicted octanol–water partition coefficient (Wildman–Crippen LogP) is 5.74. The normalized spacial score (nSPS) is 11.8. The molecular formula is C16H28SSi. The molecule has 0 atom stereocenters. The van der Waals surface area contributed by atoms with Crippen LogP contribution in [0.5, 0.6) is 0 Å². The summed E-state index contributed by atoms with van der Waals surface area (Å²) in [6.07, 6.45) is 4.04. The van der Waals surface area contributed by atoms with Gasteiger partial charge in [0.05, 0.1) is 8.07 Å². The van der Waals surface area contributed by atoms with Gasteiger partial charge in [-0.15, -0.1) is 12.6 Å². The van der Waals surface area contributed by atoms with E-state index in [9.17, 15) is 0 Å². The number of rotatable bonds is 8.